The van der Waals surface area contributed by atoms with Gasteiger partial charge in [-0.1, -0.05) is 0 Å². The quantitative estimate of drug-likeness (QED) is 0.529. The van der Waals surface area contributed by atoms with Crippen LogP contribution < -0.4 is 10.6 Å². The highest BCUT2D eigenvalue weighted by molar-refractivity contribution is 4.87. The number of fused-ring (bicyclic) bond motifs is 2. The van der Waals surface area contributed by atoms with Gasteiger partial charge in [-0.05, 0) is 88.4 Å². The maximum absolute atomic E-state index is 9.33. The molecule has 4 aliphatic rings. The molecule has 4 rings (SSSR count). The number of hydrogen-bond acceptors (Lipinski definition) is 4. The highest BCUT2D eigenvalue weighted by atomic mass is 16.3. The van der Waals surface area contributed by atoms with Gasteiger partial charge in [-0.15, -0.1) is 0 Å². The minimum Gasteiger partial charge on any atom is -0.393 e. The molecule has 0 aromatic rings. The second kappa shape index (κ2) is 6.73. The van der Waals surface area contributed by atoms with Gasteiger partial charge in [0, 0.05) is 0 Å². The monoisotopic (exact) mass is 282 g/mol. The van der Waals surface area contributed by atoms with Gasteiger partial charge in [-0.25, -0.2) is 0 Å². The zero-order chi connectivity index (χ0) is 13.9. The fraction of sp³-hybridized carbons (Fsp3) is 1.00. The third-order valence-electron chi connectivity index (χ3n) is 5.85. The predicted octanol–water partition coefficient (Wildman–Crippen LogP) is 0.734. The lowest BCUT2D eigenvalue weighted by atomic mass is 9.80. The molecule has 0 spiro atoms. The first-order valence-electron chi connectivity index (χ1n) is 8.50. The van der Waals surface area contributed by atoms with E-state index in [0.717, 1.165) is 62.4 Å². The van der Waals surface area contributed by atoms with E-state index in [1.165, 1.54) is 25.9 Å². The van der Waals surface area contributed by atoms with Crippen molar-refractivity contribution in [1.82, 2.24) is 10.6 Å². The van der Waals surface area contributed by atoms with Crippen molar-refractivity contribution in [3.05, 3.63) is 0 Å². The van der Waals surface area contributed by atoms with Gasteiger partial charge in [0.25, 0.3) is 0 Å². The van der Waals surface area contributed by atoms with Crippen LogP contribution in [0.15, 0.2) is 0 Å². The number of hydrogen-bond donors (Lipinski definition) is 4. The van der Waals surface area contributed by atoms with Gasteiger partial charge in [-0.2, -0.15) is 0 Å². The summed E-state index contributed by atoms with van der Waals surface area (Å²) >= 11 is 0. The molecule has 2 heterocycles. The first kappa shape index (κ1) is 14.8. The smallest absolute Gasteiger partial charge is 0.0543 e. The Hall–Kier alpha value is -0.160. The molecule has 4 nitrogen and oxygen atoms in total. The SMILES string of the molecule is O[C@@H]1CC[C@@H]2CNC[C@@H]2C1.O[C@H]1CC[C@H]2CNC[C@H]2C1. The van der Waals surface area contributed by atoms with E-state index >= 15 is 0 Å². The van der Waals surface area contributed by atoms with Gasteiger partial charge < -0.3 is 20.8 Å². The second-order valence-electron chi connectivity index (χ2n) is 7.29. The maximum atomic E-state index is 9.33. The normalized spacial score (nSPS) is 47.1. The van der Waals surface area contributed by atoms with Crippen molar-refractivity contribution < 1.29 is 10.2 Å². The summed E-state index contributed by atoms with van der Waals surface area (Å²) in [6.07, 6.45) is 6.61. The zero-order valence-electron chi connectivity index (χ0n) is 12.4. The fourth-order valence-corrected chi connectivity index (χ4v) is 4.55. The summed E-state index contributed by atoms with van der Waals surface area (Å²) in [4.78, 5) is 0. The van der Waals surface area contributed by atoms with Crippen LogP contribution in [-0.4, -0.2) is 48.6 Å². The Labute approximate surface area is 122 Å². The van der Waals surface area contributed by atoms with Gasteiger partial charge in [0.15, 0.2) is 0 Å². The molecule has 2 aliphatic carbocycles. The standard InChI is InChI=1S/2C8H15NO/c2*10-8-2-1-6-4-9-5-7(6)3-8/h2*6-10H,1-5H2/t2*6-,7+,8-/m10/s1. The Balaban J connectivity index is 0.000000121. The third kappa shape index (κ3) is 3.53. The van der Waals surface area contributed by atoms with Crippen LogP contribution >= 0.6 is 0 Å². The summed E-state index contributed by atoms with van der Waals surface area (Å²) in [5.41, 5.74) is 0. The van der Waals surface area contributed by atoms with Gasteiger partial charge in [0.1, 0.15) is 0 Å². The van der Waals surface area contributed by atoms with Gasteiger partial charge in [0.2, 0.25) is 0 Å². The van der Waals surface area contributed by atoms with Gasteiger partial charge in [-0.3, -0.25) is 0 Å². The van der Waals surface area contributed by atoms with Crippen LogP contribution in [0.2, 0.25) is 0 Å². The molecule has 20 heavy (non-hydrogen) atoms. The molecule has 0 bridgehead atoms. The average Bonchev–Trinajstić information content (AvgIpc) is 3.06. The lowest BCUT2D eigenvalue weighted by Gasteiger charge is -2.27. The summed E-state index contributed by atoms with van der Waals surface area (Å²) in [5, 5.41) is 25.4. The van der Waals surface area contributed by atoms with Crippen LogP contribution in [0.1, 0.15) is 38.5 Å². The molecule has 0 amide bonds. The molecule has 0 aromatic heterocycles. The molecule has 0 unspecified atom stereocenters. The van der Waals surface area contributed by atoms with Crippen molar-refractivity contribution in [2.45, 2.75) is 50.7 Å². The molecule has 2 aliphatic heterocycles. The Morgan fingerprint density at radius 1 is 0.550 bits per heavy atom. The van der Waals surface area contributed by atoms with Crippen molar-refractivity contribution in [1.29, 1.82) is 0 Å². The number of aliphatic hydroxyl groups excluding tert-OH is 2. The van der Waals surface area contributed by atoms with E-state index in [1.54, 1.807) is 0 Å². The van der Waals surface area contributed by atoms with Crippen LogP contribution in [0, 0.1) is 23.7 Å². The van der Waals surface area contributed by atoms with Crippen LogP contribution in [0.4, 0.5) is 0 Å². The Morgan fingerprint density at radius 2 is 0.950 bits per heavy atom. The molecule has 2 saturated heterocycles. The van der Waals surface area contributed by atoms with Crippen molar-refractivity contribution in [2.75, 3.05) is 26.2 Å². The minimum atomic E-state index is 0.00106. The largest absolute Gasteiger partial charge is 0.393 e. The van der Waals surface area contributed by atoms with Crippen molar-refractivity contribution in [3.8, 4) is 0 Å². The van der Waals surface area contributed by atoms with Gasteiger partial charge >= 0.3 is 0 Å². The molecule has 0 aromatic carbocycles. The highest BCUT2D eigenvalue weighted by Crippen LogP contribution is 2.33. The number of aliphatic hydroxyl groups is 2. The van der Waals surface area contributed by atoms with E-state index in [2.05, 4.69) is 10.6 Å². The fourth-order valence-electron chi connectivity index (χ4n) is 4.55. The van der Waals surface area contributed by atoms with Crippen LogP contribution in [0.25, 0.3) is 0 Å². The molecule has 116 valence electrons. The second-order valence-corrected chi connectivity index (χ2v) is 7.29. The minimum absolute atomic E-state index is 0.00106. The average molecular weight is 282 g/mol. The molecule has 2 saturated carbocycles. The molecular formula is C16H30N2O2. The summed E-state index contributed by atoms with van der Waals surface area (Å²) in [7, 11) is 0. The predicted molar refractivity (Wildman–Crippen MR) is 79.4 cm³/mol. The third-order valence-corrected chi connectivity index (χ3v) is 5.85. The molecule has 4 fully saturated rings. The van der Waals surface area contributed by atoms with Crippen LogP contribution in [0.3, 0.4) is 0 Å². The van der Waals surface area contributed by atoms with E-state index in [-0.39, 0.29) is 12.2 Å². The highest BCUT2D eigenvalue weighted by Gasteiger charge is 2.33. The maximum Gasteiger partial charge on any atom is 0.0543 e. The van der Waals surface area contributed by atoms with Crippen LogP contribution in [0.5, 0.6) is 0 Å². The molecule has 4 heteroatoms. The summed E-state index contributed by atoms with van der Waals surface area (Å²) < 4.78 is 0. The van der Waals surface area contributed by atoms with Crippen molar-refractivity contribution in [3.63, 3.8) is 0 Å². The zero-order valence-corrected chi connectivity index (χ0v) is 12.4. The molecule has 0 radical (unpaired) electrons. The Bertz CT molecular complexity index is 283. The number of nitrogens with one attached hydrogen (secondary N) is 2. The number of rotatable bonds is 0. The first-order valence-corrected chi connectivity index (χ1v) is 8.50. The van der Waals surface area contributed by atoms with E-state index < -0.39 is 0 Å². The van der Waals surface area contributed by atoms with E-state index in [0.29, 0.717) is 0 Å². The lowest BCUT2D eigenvalue weighted by molar-refractivity contribution is 0.0865. The lowest BCUT2D eigenvalue weighted by Crippen LogP contribution is -2.26. The molecular weight excluding hydrogens is 252 g/mol. The van der Waals surface area contributed by atoms with E-state index in [4.69, 9.17) is 0 Å². The molecule has 4 N–H and O–H groups in total. The van der Waals surface area contributed by atoms with Crippen LogP contribution in [-0.2, 0) is 0 Å². The van der Waals surface area contributed by atoms with Crippen molar-refractivity contribution >= 4 is 0 Å². The summed E-state index contributed by atoms with van der Waals surface area (Å²) in [5.74, 6) is 3.32. The summed E-state index contributed by atoms with van der Waals surface area (Å²) in [6, 6.07) is 0. The van der Waals surface area contributed by atoms with Gasteiger partial charge in [0.05, 0.1) is 12.2 Å². The summed E-state index contributed by atoms with van der Waals surface area (Å²) in [6.45, 7) is 4.66. The van der Waals surface area contributed by atoms with E-state index in [1.807, 2.05) is 0 Å². The molecule has 6 atom stereocenters. The Morgan fingerprint density at radius 3 is 1.40 bits per heavy atom. The van der Waals surface area contributed by atoms with Crippen molar-refractivity contribution in [2.24, 2.45) is 23.7 Å². The first-order chi connectivity index (χ1) is 9.72. The topological polar surface area (TPSA) is 64.5 Å². The Kier molecular flexibility index (Phi) is 4.97. The van der Waals surface area contributed by atoms with E-state index in [9.17, 15) is 10.2 Å².